The van der Waals surface area contributed by atoms with Crippen LogP contribution >= 0.6 is 0 Å². The first-order chi connectivity index (χ1) is 11.5. The molecule has 1 heterocycles. The predicted octanol–water partition coefficient (Wildman–Crippen LogP) is 2.26. The first-order valence-corrected chi connectivity index (χ1v) is 8.54. The van der Waals surface area contributed by atoms with E-state index in [0.717, 1.165) is 13.1 Å². The number of halogens is 1. The van der Waals surface area contributed by atoms with Gasteiger partial charge in [0.1, 0.15) is 11.4 Å². The molecule has 1 aromatic carbocycles. The molecule has 1 aromatic rings. The molecule has 4 nitrogen and oxygen atoms in total. The number of nitrogens with zero attached hydrogens (tertiary/aromatic N) is 2. The Bertz CT molecular complexity index is 599. The number of anilines is 1. The number of para-hydroxylation sites is 1. The number of piperazine rings is 1. The number of terminal acetylenes is 1. The molecule has 0 atom stereocenters. The molecule has 1 fully saturated rings. The van der Waals surface area contributed by atoms with Gasteiger partial charge in [0.15, 0.2) is 0 Å². The maximum atomic E-state index is 13.8. The van der Waals surface area contributed by atoms with E-state index in [0.29, 0.717) is 38.2 Å². The highest BCUT2D eigenvalue weighted by Gasteiger charge is 2.27. The van der Waals surface area contributed by atoms with E-state index in [1.165, 1.54) is 6.07 Å². The smallest absolute Gasteiger partial charge is 0.235 e. The first kappa shape index (κ1) is 18.3. The molecule has 24 heavy (non-hydrogen) atoms. The molecule has 1 amide bonds. The minimum atomic E-state index is -0.550. The van der Waals surface area contributed by atoms with Crippen LogP contribution in [0.3, 0.4) is 0 Å². The van der Waals surface area contributed by atoms with Crippen LogP contribution in [0.15, 0.2) is 24.3 Å². The van der Waals surface area contributed by atoms with Crippen molar-refractivity contribution < 1.29 is 9.18 Å². The normalized spacial score (nSPS) is 15.8. The molecule has 130 valence electrons. The molecule has 1 N–H and O–H groups in total. The van der Waals surface area contributed by atoms with Gasteiger partial charge in [-0.25, -0.2) is 4.39 Å². The molecular weight excluding hydrogens is 305 g/mol. The Balaban J connectivity index is 1.86. The van der Waals surface area contributed by atoms with E-state index < -0.39 is 5.54 Å². The molecule has 0 aromatic heterocycles. The minimum Gasteiger partial charge on any atom is -0.367 e. The molecule has 0 aliphatic carbocycles. The third-order valence-electron chi connectivity index (χ3n) is 4.79. The van der Waals surface area contributed by atoms with E-state index in [1.54, 1.807) is 12.1 Å². The van der Waals surface area contributed by atoms with Crippen molar-refractivity contribution in [2.45, 2.75) is 32.2 Å². The minimum absolute atomic E-state index is 0.0454. The number of carbonyl (C=O) groups excluding carboxylic acids is 1. The van der Waals surface area contributed by atoms with Crippen molar-refractivity contribution in [1.29, 1.82) is 0 Å². The zero-order chi connectivity index (χ0) is 17.6. The Morgan fingerprint density at radius 3 is 2.42 bits per heavy atom. The SMILES string of the molecule is C#CC(CC)(CC)NC(=O)CN1CCN(c2ccccc2F)CC1. The molecule has 2 rings (SSSR count). The molecule has 0 spiro atoms. The van der Waals surface area contributed by atoms with E-state index in [4.69, 9.17) is 6.42 Å². The number of benzene rings is 1. The molecule has 0 radical (unpaired) electrons. The van der Waals surface area contributed by atoms with Crippen molar-refractivity contribution in [3.8, 4) is 12.3 Å². The van der Waals surface area contributed by atoms with Crippen LogP contribution in [-0.2, 0) is 4.79 Å². The predicted molar refractivity (Wildman–Crippen MR) is 95.3 cm³/mol. The molecule has 0 bridgehead atoms. The van der Waals surface area contributed by atoms with Crippen LogP contribution in [0.5, 0.6) is 0 Å². The van der Waals surface area contributed by atoms with Gasteiger partial charge >= 0.3 is 0 Å². The molecule has 1 aliphatic rings. The quantitative estimate of drug-likeness (QED) is 0.812. The van der Waals surface area contributed by atoms with E-state index in [1.807, 2.05) is 24.8 Å². The van der Waals surface area contributed by atoms with Crippen molar-refractivity contribution in [3.05, 3.63) is 30.1 Å². The number of nitrogens with one attached hydrogen (secondary N) is 1. The Morgan fingerprint density at radius 1 is 1.25 bits per heavy atom. The number of hydrogen-bond acceptors (Lipinski definition) is 3. The summed E-state index contributed by atoms with van der Waals surface area (Å²) in [7, 11) is 0. The standard InChI is InChI=1S/C19H26FN3O/c1-4-19(5-2,6-3)21-18(24)15-22-11-13-23(14-12-22)17-10-8-7-9-16(17)20/h1,7-10H,5-6,11-15H2,2-3H3,(H,21,24). The Morgan fingerprint density at radius 2 is 1.88 bits per heavy atom. The van der Waals surface area contributed by atoms with Crippen molar-refractivity contribution >= 4 is 11.6 Å². The summed E-state index contributed by atoms with van der Waals surface area (Å²) in [4.78, 5) is 16.4. The van der Waals surface area contributed by atoms with Gasteiger partial charge in [0, 0.05) is 26.2 Å². The van der Waals surface area contributed by atoms with E-state index in [9.17, 15) is 9.18 Å². The summed E-state index contributed by atoms with van der Waals surface area (Å²) >= 11 is 0. The summed E-state index contributed by atoms with van der Waals surface area (Å²) in [5, 5.41) is 2.99. The van der Waals surface area contributed by atoms with Crippen molar-refractivity contribution in [3.63, 3.8) is 0 Å². The third-order valence-corrected chi connectivity index (χ3v) is 4.79. The summed E-state index contributed by atoms with van der Waals surface area (Å²) in [5.41, 5.74) is 0.0800. The zero-order valence-corrected chi connectivity index (χ0v) is 14.5. The van der Waals surface area contributed by atoms with Gasteiger partial charge in [-0.3, -0.25) is 9.69 Å². The largest absolute Gasteiger partial charge is 0.367 e. The fourth-order valence-electron chi connectivity index (χ4n) is 3.03. The van der Waals surface area contributed by atoms with Crippen LogP contribution < -0.4 is 10.2 Å². The third kappa shape index (κ3) is 4.27. The topological polar surface area (TPSA) is 35.6 Å². The summed E-state index contributed by atoms with van der Waals surface area (Å²) in [6.45, 7) is 7.15. The van der Waals surface area contributed by atoms with Gasteiger partial charge in [0.05, 0.1) is 12.2 Å². The monoisotopic (exact) mass is 331 g/mol. The first-order valence-electron chi connectivity index (χ1n) is 8.54. The van der Waals surface area contributed by atoms with Crippen LogP contribution in [0.25, 0.3) is 0 Å². The van der Waals surface area contributed by atoms with Crippen LogP contribution in [0.4, 0.5) is 10.1 Å². The number of amides is 1. The Kier molecular flexibility index (Phi) is 6.22. The van der Waals surface area contributed by atoms with E-state index >= 15 is 0 Å². The van der Waals surface area contributed by atoms with Crippen LogP contribution in [0.1, 0.15) is 26.7 Å². The summed E-state index contributed by atoms with van der Waals surface area (Å²) < 4.78 is 13.8. The van der Waals surface area contributed by atoms with Gasteiger partial charge in [0.2, 0.25) is 5.91 Å². The number of rotatable bonds is 6. The lowest BCUT2D eigenvalue weighted by atomic mass is 9.94. The number of carbonyl (C=O) groups is 1. The van der Waals surface area contributed by atoms with Crippen molar-refractivity contribution in [2.75, 3.05) is 37.6 Å². The molecule has 1 aliphatic heterocycles. The lowest BCUT2D eigenvalue weighted by molar-refractivity contribution is -0.123. The summed E-state index contributed by atoms with van der Waals surface area (Å²) in [5.74, 6) is 2.47. The Hall–Kier alpha value is -2.06. The van der Waals surface area contributed by atoms with E-state index in [-0.39, 0.29) is 11.7 Å². The van der Waals surface area contributed by atoms with Gasteiger partial charge in [-0.15, -0.1) is 6.42 Å². The Labute approximate surface area is 144 Å². The molecule has 0 saturated carbocycles. The van der Waals surface area contributed by atoms with Crippen LogP contribution in [0, 0.1) is 18.2 Å². The average Bonchev–Trinajstić information content (AvgIpc) is 2.61. The van der Waals surface area contributed by atoms with Crippen LogP contribution in [-0.4, -0.2) is 49.1 Å². The van der Waals surface area contributed by atoms with Gasteiger partial charge < -0.3 is 10.2 Å². The van der Waals surface area contributed by atoms with Gasteiger partial charge in [-0.1, -0.05) is 31.9 Å². The second kappa shape index (κ2) is 8.16. The second-order valence-corrected chi connectivity index (χ2v) is 6.20. The molecule has 0 unspecified atom stereocenters. The van der Waals surface area contributed by atoms with E-state index in [2.05, 4.69) is 16.1 Å². The van der Waals surface area contributed by atoms with Gasteiger partial charge in [-0.05, 0) is 25.0 Å². The maximum Gasteiger partial charge on any atom is 0.235 e. The number of hydrogen-bond donors (Lipinski definition) is 1. The molecule has 1 saturated heterocycles. The average molecular weight is 331 g/mol. The lowest BCUT2D eigenvalue weighted by Crippen LogP contribution is -2.53. The summed E-state index contributed by atoms with van der Waals surface area (Å²) in [6.07, 6.45) is 7.02. The van der Waals surface area contributed by atoms with Crippen molar-refractivity contribution in [2.24, 2.45) is 0 Å². The lowest BCUT2D eigenvalue weighted by Gasteiger charge is -2.36. The highest BCUT2D eigenvalue weighted by molar-refractivity contribution is 5.79. The van der Waals surface area contributed by atoms with Gasteiger partial charge in [0.25, 0.3) is 0 Å². The highest BCUT2D eigenvalue weighted by atomic mass is 19.1. The zero-order valence-electron chi connectivity index (χ0n) is 14.5. The van der Waals surface area contributed by atoms with Crippen LogP contribution in [0.2, 0.25) is 0 Å². The molecule has 5 heteroatoms. The fourth-order valence-corrected chi connectivity index (χ4v) is 3.03. The fraction of sp³-hybridized carbons (Fsp3) is 0.526. The van der Waals surface area contributed by atoms with Gasteiger partial charge in [-0.2, -0.15) is 0 Å². The summed E-state index contributed by atoms with van der Waals surface area (Å²) in [6, 6.07) is 6.80. The second-order valence-electron chi connectivity index (χ2n) is 6.20. The highest BCUT2D eigenvalue weighted by Crippen LogP contribution is 2.20. The molecular formula is C19H26FN3O. The van der Waals surface area contributed by atoms with Crippen molar-refractivity contribution in [1.82, 2.24) is 10.2 Å². The maximum absolute atomic E-state index is 13.8.